The van der Waals surface area contributed by atoms with Crippen molar-refractivity contribution < 1.29 is 26.4 Å². The molecule has 7 nitrogen and oxygen atoms in total. The Morgan fingerprint density at radius 2 is 0.904 bits per heavy atom. The average molecular weight is 713 g/mol. The molecule has 0 N–H and O–H groups in total. The van der Waals surface area contributed by atoms with Crippen LogP contribution in [0.5, 0.6) is 0 Å². The van der Waals surface area contributed by atoms with Gasteiger partial charge in [0.15, 0.2) is 5.71 Å². The van der Waals surface area contributed by atoms with E-state index in [1.807, 2.05) is 158 Å². The molecule has 8 bridgehead atoms. The molecule has 0 unspecified atom stereocenters. The molecule has 8 heteroatoms. The molecular formula is C44H26N6NiO. The number of nitrogens with zero attached hydrogens (tertiary/aromatic N) is 6. The van der Waals surface area contributed by atoms with E-state index >= 15 is 0 Å². The van der Waals surface area contributed by atoms with Crippen LogP contribution < -0.4 is 20.8 Å². The van der Waals surface area contributed by atoms with Crippen LogP contribution in [0, 0.1) is 0 Å². The molecule has 0 amide bonds. The molecule has 0 aliphatic carbocycles. The summed E-state index contributed by atoms with van der Waals surface area (Å²) in [6, 6.07) is 43.2. The summed E-state index contributed by atoms with van der Waals surface area (Å²) in [4.78, 5) is 24.2. The maximum Gasteiger partial charge on any atom is 2.00 e. The van der Waals surface area contributed by atoms with Crippen molar-refractivity contribution in [2.45, 2.75) is 0 Å². The van der Waals surface area contributed by atoms with E-state index in [9.17, 15) is 10.6 Å². The molecule has 4 aliphatic heterocycles. The fraction of sp³-hybridized carbons (Fsp3) is 0. The monoisotopic (exact) mass is 712 g/mol. The number of aromatic nitrogens is 1. The second kappa shape index (κ2) is 13.5. The van der Waals surface area contributed by atoms with E-state index in [-0.39, 0.29) is 33.6 Å². The molecule has 4 aliphatic rings. The quantitative estimate of drug-likeness (QED) is 0.137. The molecule has 5 heterocycles. The van der Waals surface area contributed by atoms with E-state index in [1.165, 1.54) is 0 Å². The number of rotatable bonds is 4. The van der Waals surface area contributed by atoms with Crippen molar-refractivity contribution in [1.82, 2.24) is 4.98 Å². The Bertz CT molecular complexity index is 2710. The summed E-state index contributed by atoms with van der Waals surface area (Å²) in [5, 5.41) is 15.6. The third kappa shape index (κ3) is 5.53. The molecule has 248 valence electrons. The molecular weight excluding hydrogens is 687 g/mol. The van der Waals surface area contributed by atoms with Crippen molar-refractivity contribution in [2.24, 2.45) is 15.0 Å². The summed E-state index contributed by atoms with van der Waals surface area (Å²) in [5.74, 6) is -0.508. The Labute approximate surface area is 309 Å². The first kappa shape index (κ1) is 32.5. The predicted molar refractivity (Wildman–Crippen MR) is 200 cm³/mol. The van der Waals surface area contributed by atoms with Gasteiger partial charge in [-0.2, -0.15) is 4.79 Å². The van der Waals surface area contributed by atoms with Crippen molar-refractivity contribution in [1.29, 1.82) is 0 Å². The van der Waals surface area contributed by atoms with Crippen LogP contribution >= 0.6 is 0 Å². The van der Waals surface area contributed by atoms with Gasteiger partial charge in [-0.15, -0.1) is 10.7 Å². The van der Waals surface area contributed by atoms with Crippen LogP contribution in [0.25, 0.3) is 27.8 Å². The van der Waals surface area contributed by atoms with Crippen LogP contribution in [0.3, 0.4) is 0 Å². The molecule has 52 heavy (non-hydrogen) atoms. The van der Waals surface area contributed by atoms with E-state index in [0.717, 1.165) is 44.8 Å². The third-order valence-electron chi connectivity index (χ3n) is 9.16. The summed E-state index contributed by atoms with van der Waals surface area (Å²) in [6.45, 7) is 0. The van der Waals surface area contributed by atoms with Gasteiger partial charge in [0.2, 0.25) is 0 Å². The van der Waals surface area contributed by atoms with Gasteiger partial charge in [0.05, 0.1) is 28.5 Å². The molecule has 0 saturated heterocycles. The number of aliphatic imine (C=N–C) groups is 3. The van der Waals surface area contributed by atoms with E-state index in [4.69, 9.17) is 20.0 Å². The number of hydrogen-bond acceptors (Lipinski definition) is 4. The van der Waals surface area contributed by atoms with Gasteiger partial charge in [0.1, 0.15) is 0 Å². The first-order valence-electron chi connectivity index (χ1n) is 16.5. The smallest absolute Gasteiger partial charge is 0.866 e. The van der Waals surface area contributed by atoms with Gasteiger partial charge in [0.25, 0.3) is 0 Å². The van der Waals surface area contributed by atoms with Gasteiger partial charge in [-0.25, -0.2) is 15.0 Å². The van der Waals surface area contributed by atoms with Crippen molar-refractivity contribution in [2.75, 3.05) is 0 Å². The van der Waals surface area contributed by atoms with Crippen molar-refractivity contribution in [3.8, 4) is 0 Å². The second-order valence-electron chi connectivity index (χ2n) is 12.2. The van der Waals surface area contributed by atoms with Crippen LogP contribution in [-0.2, 0) is 16.5 Å². The summed E-state index contributed by atoms with van der Waals surface area (Å²) in [5.41, 5.74) is 19.6. The van der Waals surface area contributed by atoms with E-state index < -0.39 is 5.76 Å². The summed E-state index contributed by atoms with van der Waals surface area (Å²) >= 11 is 0. The third-order valence-corrected chi connectivity index (χ3v) is 9.16. The predicted octanol–water partition coefficient (Wildman–Crippen LogP) is 5.59. The maximum absolute atomic E-state index is 14.4. The van der Waals surface area contributed by atoms with E-state index in [0.29, 0.717) is 33.3 Å². The largest absolute Gasteiger partial charge is 2.00 e. The SMILES string of the molecule is [N-]=[N+]=C1C2=NC(=C1[O-])C(c1ccccc1)=C1C=CC(=N1)C(c1ccccc1)=C1C=CC(=N1)C(c1ccccc1)=c1ccc([n-]1)=C2c1ccccc1.[Ni+2]. The summed E-state index contributed by atoms with van der Waals surface area (Å²) in [7, 11) is 0. The van der Waals surface area contributed by atoms with Crippen LogP contribution in [0.2, 0.25) is 0 Å². The molecule has 1 aromatic heterocycles. The Kier molecular flexibility index (Phi) is 8.46. The average Bonchev–Trinajstić information content (AvgIpc) is 4.01. The Hall–Kier alpha value is -6.72. The molecule has 4 aromatic carbocycles. The number of allylic oxidation sites excluding steroid dienone is 7. The molecule has 9 rings (SSSR count). The normalized spacial score (nSPS) is 16.2. The topological polar surface area (TPSA) is 111 Å². The molecule has 0 spiro atoms. The van der Waals surface area contributed by atoms with Crippen molar-refractivity contribution >= 4 is 45.1 Å². The molecule has 0 radical (unpaired) electrons. The van der Waals surface area contributed by atoms with E-state index in [1.54, 1.807) is 0 Å². The fourth-order valence-corrected chi connectivity index (χ4v) is 6.88. The standard InChI is InChI=1S/C44H27N6O.Ni/c45-50-43-41-39(29-17-9-3-10-18-29)35-25-23-33(47-35)37(27-13-5-1-6-14-27)31-21-22-32(46-31)38(28-15-7-2-8-16-28)34-24-26-36(48-34)40(42(49-41)44(43)51)30-19-11-4-12-20-30;/h1-26H,(H-,46,47,48,49,51);/q-1;+2/p-1. The second-order valence-corrected chi connectivity index (χ2v) is 12.2. The van der Waals surface area contributed by atoms with Crippen molar-refractivity contribution in [3.63, 3.8) is 0 Å². The van der Waals surface area contributed by atoms with Crippen LogP contribution in [0.4, 0.5) is 0 Å². The Balaban J connectivity index is 0.00000387. The minimum absolute atomic E-state index is 0. The van der Waals surface area contributed by atoms with E-state index in [2.05, 4.69) is 4.79 Å². The Morgan fingerprint density at radius 1 is 0.481 bits per heavy atom. The number of hydrogen-bond donors (Lipinski definition) is 0. The van der Waals surface area contributed by atoms with Crippen LogP contribution in [0.15, 0.2) is 196 Å². The first-order chi connectivity index (χ1) is 25.2. The zero-order valence-corrected chi connectivity index (χ0v) is 28.4. The van der Waals surface area contributed by atoms with Gasteiger partial charge >= 0.3 is 22.2 Å². The zero-order valence-electron chi connectivity index (χ0n) is 27.4. The molecule has 0 saturated carbocycles. The minimum atomic E-state index is -0.508. The zero-order chi connectivity index (χ0) is 34.3. The number of fused-ring (bicyclic) bond motifs is 5. The number of benzene rings is 4. The van der Waals surface area contributed by atoms with Gasteiger partial charge in [0, 0.05) is 22.5 Å². The fourth-order valence-electron chi connectivity index (χ4n) is 6.88. The van der Waals surface area contributed by atoms with Gasteiger partial charge < -0.3 is 15.6 Å². The maximum atomic E-state index is 14.4. The van der Waals surface area contributed by atoms with Gasteiger partial charge in [-0.1, -0.05) is 133 Å². The first-order valence-corrected chi connectivity index (χ1v) is 16.5. The summed E-state index contributed by atoms with van der Waals surface area (Å²) in [6.07, 6.45) is 7.90. The molecule has 0 atom stereocenters. The van der Waals surface area contributed by atoms with Crippen molar-refractivity contribution in [3.05, 3.63) is 219 Å². The Morgan fingerprint density at radius 3 is 1.42 bits per heavy atom. The minimum Gasteiger partial charge on any atom is -0.866 e. The molecule has 5 aromatic rings. The van der Waals surface area contributed by atoms with Crippen LogP contribution in [0.1, 0.15) is 22.3 Å². The summed E-state index contributed by atoms with van der Waals surface area (Å²) < 4.78 is 0. The molecule has 0 fully saturated rings. The van der Waals surface area contributed by atoms with Gasteiger partial charge in [-0.05, 0) is 52.1 Å². The van der Waals surface area contributed by atoms with Gasteiger partial charge in [-0.3, -0.25) is 0 Å². The van der Waals surface area contributed by atoms with Crippen LogP contribution in [-0.4, -0.2) is 27.6 Å².